The first-order valence-corrected chi connectivity index (χ1v) is 8.67. The molecule has 2 aliphatic carbocycles. The minimum absolute atomic E-state index is 0.000730. The van der Waals surface area contributed by atoms with Gasteiger partial charge in [-0.05, 0) is 42.2 Å². The molecule has 0 heterocycles. The molecule has 1 amide bonds. The van der Waals surface area contributed by atoms with Crippen molar-refractivity contribution in [1.82, 2.24) is 5.32 Å². The number of hydrogen-bond donors (Lipinski definition) is 2. The molecule has 2 aliphatic rings. The van der Waals surface area contributed by atoms with Crippen molar-refractivity contribution in [3.8, 4) is 0 Å². The molecule has 2 N–H and O–H groups in total. The van der Waals surface area contributed by atoms with Gasteiger partial charge in [-0.25, -0.2) is 0 Å². The predicted molar refractivity (Wildman–Crippen MR) is 92.3 cm³/mol. The molecule has 128 valence electrons. The van der Waals surface area contributed by atoms with E-state index < -0.39 is 17.8 Å². The molecule has 4 heteroatoms. The number of aryl methyl sites for hydroxylation is 1. The first-order chi connectivity index (χ1) is 11.4. The van der Waals surface area contributed by atoms with E-state index in [0.29, 0.717) is 0 Å². The molecule has 4 nitrogen and oxygen atoms in total. The number of carbonyl (C=O) groups is 2. The lowest BCUT2D eigenvalue weighted by Gasteiger charge is -2.29. The highest BCUT2D eigenvalue weighted by atomic mass is 16.4. The molecule has 0 aliphatic heterocycles. The summed E-state index contributed by atoms with van der Waals surface area (Å²) in [5, 5.41) is 12.7. The van der Waals surface area contributed by atoms with Crippen LogP contribution in [0.4, 0.5) is 0 Å². The first-order valence-electron chi connectivity index (χ1n) is 8.67. The lowest BCUT2D eigenvalue weighted by Crippen LogP contribution is -2.42. The number of allylic oxidation sites excluding steroid dienone is 2. The predicted octanol–water partition coefficient (Wildman–Crippen LogP) is 3.33. The van der Waals surface area contributed by atoms with Crippen LogP contribution in [0.5, 0.6) is 0 Å². The number of nitrogens with one attached hydrogen (secondary N) is 1. The van der Waals surface area contributed by atoms with Crippen molar-refractivity contribution in [2.24, 2.45) is 29.6 Å². The van der Waals surface area contributed by atoms with Crippen LogP contribution in [-0.2, 0) is 9.59 Å². The Morgan fingerprint density at radius 2 is 1.75 bits per heavy atom. The zero-order valence-corrected chi connectivity index (χ0v) is 14.4. The molecule has 1 fully saturated rings. The molecular formula is C20H25NO3. The van der Waals surface area contributed by atoms with Gasteiger partial charge in [0.25, 0.3) is 0 Å². The van der Waals surface area contributed by atoms with Crippen molar-refractivity contribution < 1.29 is 14.7 Å². The van der Waals surface area contributed by atoms with Gasteiger partial charge in [0.1, 0.15) is 0 Å². The monoisotopic (exact) mass is 327 g/mol. The summed E-state index contributed by atoms with van der Waals surface area (Å²) >= 11 is 0. The van der Waals surface area contributed by atoms with Crippen LogP contribution in [0.3, 0.4) is 0 Å². The zero-order valence-electron chi connectivity index (χ0n) is 14.4. The average molecular weight is 327 g/mol. The van der Waals surface area contributed by atoms with E-state index in [2.05, 4.69) is 19.2 Å². The second kappa shape index (κ2) is 6.42. The van der Waals surface area contributed by atoms with E-state index in [9.17, 15) is 14.7 Å². The molecule has 1 saturated carbocycles. The smallest absolute Gasteiger partial charge is 0.307 e. The number of benzene rings is 1. The molecule has 24 heavy (non-hydrogen) atoms. The Labute approximate surface area is 143 Å². The van der Waals surface area contributed by atoms with Crippen molar-refractivity contribution in [3.05, 3.63) is 47.5 Å². The number of hydrogen-bond acceptors (Lipinski definition) is 2. The Hall–Kier alpha value is -2.10. The average Bonchev–Trinajstić information content (AvgIpc) is 3.13. The molecule has 5 unspecified atom stereocenters. The van der Waals surface area contributed by atoms with Gasteiger partial charge in [-0.3, -0.25) is 9.59 Å². The number of carbonyl (C=O) groups excluding carboxylic acids is 1. The third kappa shape index (κ3) is 2.85. The lowest BCUT2D eigenvalue weighted by molar-refractivity contribution is -0.148. The lowest BCUT2D eigenvalue weighted by atomic mass is 9.81. The van der Waals surface area contributed by atoms with Gasteiger partial charge in [-0.1, -0.05) is 50.3 Å². The Kier molecular flexibility index (Phi) is 4.48. The molecule has 0 radical (unpaired) electrons. The fourth-order valence-corrected chi connectivity index (χ4v) is 4.31. The SMILES string of the molecule is Cc1ccccc1C(NC(=O)C1C2C=CC(C2)C1C(=O)O)C(C)C. The third-order valence-corrected chi connectivity index (χ3v) is 5.54. The normalized spacial score (nSPS) is 29.0. The van der Waals surface area contributed by atoms with Crippen molar-refractivity contribution in [2.45, 2.75) is 33.2 Å². The summed E-state index contributed by atoms with van der Waals surface area (Å²) in [7, 11) is 0. The van der Waals surface area contributed by atoms with Gasteiger partial charge in [-0.15, -0.1) is 0 Å². The Morgan fingerprint density at radius 1 is 1.12 bits per heavy atom. The molecule has 0 saturated heterocycles. The van der Waals surface area contributed by atoms with E-state index in [1.165, 1.54) is 0 Å². The van der Waals surface area contributed by atoms with Gasteiger partial charge in [0.05, 0.1) is 17.9 Å². The van der Waals surface area contributed by atoms with Crippen molar-refractivity contribution in [1.29, 1.82) is 0 Å². The minimum Gasteiger partial charge on any atom is -0.481 e. The van der Waals surface area contributed by atoms with E-state index in [-0.39, 0.29) is 29.7 Å². The summed E-state index contributed by atoms with van der Waals surface area (Å²) < 4.78 is 0. The quantitative estimate of drug-likeness (QED) is 0.815. The van der Waals surface area contributed by atoms with Crippen molar-refractivity contribution >= 4 is 11.9 Å². The number of aliphatic carboxylic acids is 1. The van der Waals surface area contributed by atoms with E-state index in [4.69, 9.17) is 0 Å². The molecule has 0 aromatic heterocycles. The molecule has 1 aromatic carbocycles. The molecule has 3 rings (SSSR count). The highest BCUT2D eigenvalue weighted by molar-refractivity contribution is 5.87. The maximum absolute atomic E-state index is 12.9. The largest absolute Gasteiger partial charge is 0.481 e. The topological polar surface area (TPSA) is 66.4 Å². The maximum Gasteiger partial charge on any atom is 0.307 e. The van der Waals surface area contributed by atoms with Crippen molar-refractivity contribution in [2.75, 3.05) is 0 Å². The Balaban J connectivity index is 1.83. The summed E-state index contributed by atoms with van der Waals surface area (Å²) in [6.45, 7) is 6.19. The maximum atomic E-state index is 12.9. The third-order valence-electron chi connectivity index (χ3n) is 5.54. The van der Waals surface area contributed by atoms with E-state index in [1.807, 2.05) is 43.3 Å². The van der Waals surface area contributed by atoms with Crippen LogP contribution in [0.1, 0.15) is 37.4 Å². The molecule has 5 atom stereocenters. The second-order valence-electron chi connectivity index (χ2n) is 7.42. The van der Waals surface area contributed by atoms with Crippen molar-refractivity contribution in [3.63, 3.8) is 0 Å². The summed E-state index contributed by atoms with van der Waals surface area (Å²) in [6.07, 6.45) is 4.77. The number of rotatable bonds is 5. The zero-order chi connectivity index (χ0) is 17.4. The van der Waals surface area contributed by atoms with Gasteiger partial charge in [0, 0.05) is 0 Å². The van der Waals surface area contributed by atoms with Gasteiger partial charge in [-0.2, -0.15) is 0 Å². The van der Waals surface area contributed by atoms with Crippen LogP contribution in [0.2, 0.25) is 0 Å². The standard InChI is InChI=1S/C20H25NO3/c1-11(2)18(15-7-5-4-6-12(15)3)21-19(22)16-13-8-9-14(10-13)17(16)20(23)24/h4-9,11,13-14,16-18H,10H2,1-3H3,(H,21,22)(H,23,24). The number of amides is 1. The van der Waals surface area contributed by atoms with E-state index >= 15 is 0 Å². The van der Waals surface area contributed by atoms with Crippen LogP contribution < -0.4 is 5.32 Å². The Morgan fingerprint density at radius 3 is 2.33 bits per heavy atom. The Bertz CT molecular complexity index is 679. The molecular weight excluding hydrogens is 302 g/mol. The second-order valence-corrected chi connectivity index (χ2v) is 7.42. The fraction of sp³-hybridized carbons (Fsp3) is 0.500. The summed E-state index contributed by atoms with van der Waals surface area (Å²) in [5.74, 6) is -1.75. The van der Waals surface area contributed by atoms with Crippen LogP contribution >= 0.6 is 0 Å². The van der Waals surface area contributed by atoms with Gasteiger partial charge >= 0.3 is 5.97 Å². The van der Waals surface area contributed by atoms with Gasteiger partial charge in [0.2, 0.25) is 5.91 Å². The molecule has 1 aromatic rings. The van der Waals surface area contributed by atoms with Crippen LogP contribution in [0.15, 0.2) is 36.4 Å². The number of carboxylic acid groups (broad SMARTS) is 1. The summed E-state index contributed by atoms with van der Waals surface area (Å²) in [5.41, 5.74) is 2.24. The summed E-state index contributed by atoms with van der Waals surface area (Å²) in [6, 6.07) is 7.94. The highest BCUT2D eigenvalue weighted by Crippen LogP contribution is 2.48. The number of fused-ring (bicyclic) bond motifs is 2. The first kappa shape index (κ1) is 16.7. The van der Waals surface area contributed by atoms with Gasteiger partial charge < -0.3 is 10.4 Å². The molecule has 0 spiro atoms. The molecule has 2 bridgehead atoms. The van der Waals surface area contributed by atoms with Crippen LogP contribution in [0, 0.1) is 36.5 Å². The fourth-order valence-electron chi connectivity index (χ4n) is 4.31. The summed E-state index contributed by atoms with van der Waals surface area (Å²) in [4.78, 5) is 24.6. The highest BCUT2D eigenvalue weighted by Gasteiger charge is 2.51. The minimum atomic E-state index is -0.857. The van der Waals surface area contributed by atoms with Gasteiger partial charge in [0.15, 0.2) is 0 Å². The number of carboxylic acids is 1. The van der Waals surface area contributed by atoms with Crippen LogP contribution in [-0.4, -0.2) is 17.0 Å². The van der Waals surface area contributed by atoms with E-state index in [1.54, 1.807) is 0 Å². The van der Waals surface area contributed by atoms with E-state index in [0.717, 1.165) is 17.5 Å². The van der Waals surface area contributed by atoms with Crippen LogP contribution in [0.25, 0.3) is 0 Å².